The minimum Gasteiger partial charge on any atom is -0.363 e. The van der Waals surface area contributed by atoms with Gasteiger partial charge in [0.15, 0.2) is 5.82 Å². The molecule has 1 saturated carbocycles. The number of hydrogen-bond donors (Lipinski definition) is 1. The molecular weight excluding hydrogens is 226 g/mol. The van der Waals surface area contributed by atoms with Gasteiger partial charge in [-0.05, 0) is 26.7 Å². The lowest BCUT2D eigenvalue weighted by Crippen LogP contribution is -2.29. The first-order valence-corrected chi connectivity index (χ1v) is 7.02. The Labute approximate surface area is 108 Å². The van der Waals surface area contributed by atoms with Crippen molar-refractivity contribution < 1.29 is 0 Å². The summed E-state index contributed by atoms with van der Waals surface area (Å²) in [5, 5.41) is 3.34. The Morgan fingerprint density at radius 1 is 1.28 bits per heavy atom. The fourth-order valence-corrected chi connectivity index (χ4v) is 2.55. The van der Waals surface area contributed by atoms with E-state index in [1.165, 1.54) is 25.7 Å². The van der Waals surface area contributed by atoms with Crippen molar-refractivity contribution in [1.82, 2.24) is 9.55 Å². The Bertz CT molecular complexity index is 431. The van der Waals surface area contributed by atoms with Crippen LogP contribution in [0.25, 0.3) is 0 Å². The van der Waals surface area contributed by atoms with Crippen LogP contribution in [0.2, 0.25) is 0 Å². The van der Waals surface area contributed by atoms with Crippen molar-refractivity contribution in [1.29, 1.82) is 0 Å². The summed E-state index contributed by atoms with van der Waals surface area (Å²) in [6.45, 7) is 4.02. The standard InChI is InChI=1S/C14H23N3O/c1-11(2)17-10-9-15-13(14(17)18)16-12-7-5-3-4-6-8-12/h9-12H,3-8H2,1-2H3,(H,15,16). The van der Waals surface area contributed by atoms with Crippen LogP contribution in [0.15, 0.2) is 17.2 Å². The molecule has 0 saturated heterocycles. The topological polar surface area (TPSA) is 46.9 Å². The minimum absolute atomic E-state index is 0.00301. The molecule has 1 aliphatic rings. The molecule has 0 amide bonds. The molecule has 0 aliphatic heterocycles. The molecule has 1 N–H and O–H groups in total. The third-order valence-corrected chi connectivity index (χ3v) is 3.62. The molecule has 1 heterocycles. The molecule has 0 aromatic carbocycles. The van der Waals surface area contributed by atoms with Gasteiger partial charge in [0.05, 0.1) is 0 Å². The monoisotopic (exact) mass is 249 g/mol. The van der Waals surface area contributed by atoms with Gasteiger partial charge in [-0.25, -0.2) is 4.98 Å². The molecule has 4 nitrogen and oxygen atoms in total. The molecule has 0 atom stereocenters. The summed E-state index contributed by atoms with van der Waals surface area (Å²) in [4.78, 5) is 16.4. The van der Waals surface area contributed by atoms with Crippen LogP contribution >= 0.6 is 0 Å². The fraction of sp³-hybridized carbons (Fsp3) is 0.714. The molecule has 18 heavy (non-hydrogen) atoms. The lowest BCUT2D eigenvalue weighted by Gasteiger charge is -2.17. The highest BCUT2D eigenvalue weighted by atomic mass is 16.1. The highest BCUT2D eigenvalue weighted by molar-refractivity contribution is 5.32. The number of aromatic nitrogens is 2. The van der Waals surface area contributed by atoms with Crippen LogP contribution in [-0.2, 0) is 0 Å². The van der Waals surface area contributed by atoms with Crippen LogP contribution in [0.4, 0.5) is 5.82 Å². The summed E-state index contributed by atoms with van der Waals surface area (Å²) in [7, 11) is 0. The van der Waals surface area contributed by atoms with Gasteiger partial charge in [-0.15, -0.1) is 0 Å². The molecule has 1 aliphatic carbocycles. The van der Waals surface area contributed by atoms with Gasteiger partial charge in [0.2, 0.25) is 0 Å². The molecule has 1 aromatic heterocycles. The van der Waals surface area contributed by atoms with Crippen molar-refractivity contribution in [2.75, 3.05) is 5.32 Å². The van der Waals surface area contributed by atoms with E-state index in [4.69, 9.17) is 0 Å². The van der Waals surface area contributed by atoms with E-state index in [-0.39, 0.29) is 11.6 Å². The van der Waals surface area contributed by atoms with Crippen molar-refractivity contribution in [2.24, 2.45) is 0 Å². The highest BCUT2D eigenvalue weighted by Gasteiger charge is 2.15. The first-order chi connectivity index (χ1) is 8.68. The minimum atomic E-state index is -0.00301. The summed E-state index contributed by atoms with van der Waals surface area (Å²) in [5.41, 5.74) is -0.00301. The smallest absolute Gasteiger partial charge is 0.293 e. The fourth-order valence-electron chi connectivity index (χ4n) is 2.55. The zero-order valence-corrected chi connectivity index (χ0v) is 11.4. The summed E-state index contributed by atoms with van der Waals surface area (Å²) >= 11 is 0. The molecule has 0 bridgehead atoms. The summed E-state index contributed by atoms with van der Waals surface area (Å²) < 4.78 is 1.73. The number of anilines is 1. The predicted octanol–water partition coefficient (Wildman–Crippen LogP) is 2.96. The third-order valence-electron chi connectivity index (χ3n) is 3.62. The van der Waals surface area contributed by atoms with E-state index < -0.39 is 0 Å². The molecule has 0 spiro atoms. The maximum atomic E-state index is 12.2. The van der Waals surface area contributed by atoms with Crippen molar-refractivity contribution in [3.05, 3.63) is 22.7 Å². The summed E-state index contributed by atoms with van der Waals surface area (Å²) in [5.74, 6) is 0.512. The number of nitrogens with one attached hydrogen (secondary N) is 1. The van der Waals surface area contributed by atoms with Crippen LogP contribution in [0.3, 0.4) is 0 Å². The number of hydrogen-bond acceptors (Lipinski definition) is 3. The van der Waals surface area contributed by atoms with E-state index in [9.17, 15) is 4.79 Å². The maximum Gasteiger partial charge on any atom is 0.293 e. The molecule has 2 rings (SSSR count). The van der Waals surface area contributed by atoms with Gasteiger partial charge in [0.25, 0.3) is 5.56 Å². The third kappa shape index (κ3) is 3.12. The van der Waals surface area contributed by atoms with Crippen LogP contribution in [0, 0.1) is 0 Å². The maximum absolute atomic E-state index is 12.2. The quantitative estimate of drug-likeness (QED) is 0.838. The molecule has 0 radical (unpaired) electrons. The number of rotatable bonds is 3. The molecule has 0 unspecified atom stereocenters. The van der Waals surface area contributed by atoms with Crippen molar-refractivity contribution in [2.45, 2.75) is 64.5 Å². The van der Waals surface area contributed by atoms with Gasteiger partial charge in [-0.2, -0.15) is 0 Å². The van der Waals surface area contributed by atoms with E-state index >= 15 is 0 Å². The van der Waals surface area contributed by atoms with Crippen LogP contribution in [0.1, 0.15) is 58.4 Å². The molecule has 100 valence electrons. The van der Waals surface area contributed by atoms with Crippen LogP contribution < -0.4 is 10.9 Å². The van der Waals surface area contributed by atoms with Gasteiger partial charge in [-0.3, -0.25) is 4.79 Å². The Morgan fingerprint density at radius 3 is 2.56 bits per heavy atom. The molecule has 4 heteroatoms. The van der Waals surface area contributed by atoms with E-state index in [0.29, 0.717) is 11.9 Å². The van der Waals surface area contributed by atoms with Crippen molar-refractivity contribution in [3.63, 3.8) is 0 Å². The Kier molecular flexibility index (Phi) is 4.39. The van der Waals surface area contributed by atoms with Gasteiger partial charge in [0, 0.05) is 24.5 Å². The van der Waals surface area contributed by atoms with Gasteiger partial charge in [-0.1, -0.05) is 25.7 Å². The first-order valence-electron chi connectivity index (χ1n) is 7.02. The summed E-state index contributed by atoms with van der Waals surface area (Å²) in [6, 6.07) is 0.589. The molecule has 1 fully saturated rings. The average Bonchev–Trinajstić information content (AvgIpc) is 2.60. The normalized spacial score (nSPS) is 17.7. The SMILES string of the molecule is CC(C)n1ccnc(NC2CCCCCC2)c1=O. The van der Waals surface area contributed by atoms with Crippen LogP contribution in [-0.4, -0.2) is 15.6 Å². The van der Waals surface area contributed by atoms with Crippen molar-refractivity contribution >= 4 is 5.82 Å². The number of nitrogens with zero attached hydrogens (tertiary/aromatic N) is 2. The van der Waals surface area contributed by atoms with E-state index in [1.54, 1.807) is 17.0 Å². The Hall–Kier alpha value is -1.32. The highest BCUT2D eigenvalue weighted by Crippen LogP contribution is 2.19. The zero-order chi connectivity index (χ0) is 13.0. The second kappa shape index (κ2) is 6.03. The second-order valence-corrected chi connectivity index (χ2v) is 5.41. The van der Waals surface area contributed by atoms with E-state index in [1.807, 2.05) is 13.8 Å². The Balaban J connectivity index is 2.13. The lowest BCUT2D eigenvalue weighted by molar-refractivity contribution is 0.569. The largest absolute Gasteiger partial charge is 0.363 e. The second-order valence-electron chi connectivity index (χ2n) is 5.41. The van der Waals surface area contributed by atoms with Gasteiger partial charge in [0.1, 0.15) is 0 Å². The predicted molar refractivity (Wildman–Crippen MR) is 74.0 cm³/mol. The zero-order valence-electron chi connectivity index (χ0n) is 11.4. The van der Waals surface area contributed by atoms with Gasteiger partial charge < -0.3 is 9.88 Å². The first kappa shape index (κ1) is 13.1. The summed E-state index contributed by atoms with van der Waals surface area (Å²) in [6.07, 6.45) is 10.9. The Morgan fingerprint density at radius 2 is 1.94 bits per heavy atom. The average molecular weight is 249 g/mol. The molecule has 1 aromatic rings. The van der Waals surface area contributed by atoms with E-state index in [0.717, 1.165) is 12.8 Å². The lowest BCUT2D eigenvalue weighted by atomic mass is 10.1. The molecular formula is C14H23N3O. The van der Waals surface area contributed by atoms with Crippen molar-refractivity contribution in [3.8, 4) is 0 Å². The van der Waals surface area contributed by atoms with Gasteiger partial charge >= 0.3 is 0 Å². The van der Waals surface area contributed by atoms with E-state index in [2.05, 4.69) is 10.3 Å². The van der Waals surface area contributed by atoms with Crippen LogP contribution in [0.5, 0.6) is 0 Å².